The summed E-state index contributed by atoms with van der Waals surface area (Å²) in [4.78, 5) is 16.6. The molecule has 0 unspecified atom stereocenters. The molecule has 0 fully saturated rings. The van der Waals surface area contributed by atoms with Crippen molar-refractivity contribution < 1.29 is 13.9 Å². The number of amides is 1. The quantitative estimate of drug-likeness (QED) is 0.526. The fraction of sp³-hybridized carbons (Fsp3) is 0.182. The maximum atomic E-state index is 12.4. The Balaban J connectivity index is 1.41. The van der Waals surface area contributed by atoms with Crippen molar-refractivity contribution in [2.45, 2.75) is 27.7 Å². The standard InChI is InChI=1S/C22H21N5O3/c1-13-11-19(16(4)29-13)22(28)24-17-5-7-18(8-6-17)30-21-10-9-20(25-26-21)27-12-23-14(2)15(27)3/h5-12H,1-4H3,(H,24,28). The van der Waals surface area contributed by atoms with E-state index in [2.05, 4.69) is 20.5 Å². The highest BCUT2D eigenvalue weighted by Gasteiger charge is 2.14. The first-order valence-electron chi connectivity index (χ1n) is 9.41. The number of ether oxygens (including phenoxy) is 1. The van der Waals surface area contributed by atoms with Crippen LogP contribution in [0.4, 0.5) is 5.69 Å². The molecule has 3 aromatic heterocycles. The van der Waals surface area contributed by atoms with Crippen LogP contribution in [0, 0.1) is 27.7 Å². The molecule has 3 heterocycles. The van der Waals surface area contributed by atoms with Crippen molar-refractivity contribution in [1.29, 1.82) is 0 Å². The molecule has 0 saturated carbocycles. The van der Waals surface area contributed by atoms with Crippen LogP contribution < -0.4 is 10.1 Å². The summed E-state index contributed by atoms with van der Waals surface area (Å²) in [6.07, 6.45) is 1.72. The van der Waals surface area contributed by atoms with Crippen molar-refractivity contribution >= 4 is 11.6 Å². The largest absolute Gasteiger partial charge is 0.466 e. The lowest BCUT2D eigenvalue weighted by Crippen LogP contribution is -2.11. The molecule has 0 aliphatic rings. The number of hydrogen-bond acceptors (Lipinski definition) is 6. The molecule has 0 aliphatic carbocycles. The molecular weight excluding hydrogens is 382 g/mol. The number of aromatic nitrogens is 4. The Morgan fingerprint density at radius 3 is 2.37 bits per heavy atom. The second-order valence-electron chi connectivity index (χ2n) is 6.92. The monoisotopic (exact) mass is 403 g/mol. The molecule has 152 valence electrons. The number of anilines is 1. The Hall–Kier alpha value is -3.94. The molecule has 0 saturated heterocycles. The molecule has 8 nitrogen and oxygen atoms in total. The lowest BCUT2D eigenvalue weighted by molar-refractivity contribution is 0.102. The summed E-state index contributed by atoms with van der Waals surface area (Å²) in [5, 5.41) is 11.2. The zero-order chi connectivity index (χ0) is 21.3. The van der Waals surface area contributed by atoms with Gasteiger partial charge in [0.05, 0.1) is 11.3 Å². The normalized spacial score (nSPS) is 10.8. The van der Waals surface area contributed by atoms with Crippen LogP contribution in [0.5, 0.6) is 11.6 Å². The smallest absolute Gasteiger partial charge is 0.259 e. The average molecular weight is 403 g/mol. The van der Waals surface area contributed by atoms with Gasteiger partial charge in [-0.3, -0.25) is 9.36 Å². The highest BCUT2D eigenvalue weighted by Crippen LogP contribution is 2.23. The molecule has 0 atom stereocenters. The van der Waals surface area contributed by atoms with Gasteiger partial charge in [0.1, 0.15) is 23.6 Å². The van der Waals surface area contributed by atoms with Crippen LogP contribution in [0.1, 0.15) is 33.3 Å². The minimum atomic E-state index is -0.218. The highest BCUT2D eigenvalue weighted by atomic mass is 16.5. The highest BCUT2D eigenvalue weighted by molar-refractivity contribution is 6.05. The van der Waals surface area contributed by atoms with Crippen molar-refractivity contribution in [3.05, 3.63) is 77.3 Å². The lowest BCUT2D eigenvalue weighted by Gasteiger charge is -2.08. The van der Waals surface area contributed by atoms with Crippen LogP contribution in [-0.4, -0.2) is 25.7 Å². The molecule has 0 aliphatic heterocycles. The Morgan fingerprint density at radius 1 is 1.03 bits per heavy atom. The van der Waals surface area contributed by atoms with E-state index in [1.807, 2.05) is 31.4 Å². The summed E-state index contributed by atoms with van der Waals surface area (Å²) in [6.45, 7) is 7.49. The van der Waals surface area contributed by atoms with Gasteiger partial charge in [-0.05, 0) is 64.1 Å². The first kappa shape index (κ1) is 19.4. The molecule has 4 aromatic rings. The van der Waals surface area contributed by atoms with Crippen molar-refractivity contribution in [2.24, 2.45) is 0 Å². The minimum absolute atomic E-state index is 0.218. The molecule has 0 spiro atoms. The van der Waals surface area contributed by atoms with E-state index in [0.29, 0.717) is 40.2 Å². The first-order valence-corrected chi connectivity index (χ1v) is 9.41. The Labute approximate surface area is 173 Å². The number of carbonyl (C=O) groups is 1. The molecule has 8 heteroatoms. The van der Waals surface area contributed by atoms with Gasteiger partial charge in [0, 0.05) is 17.4 Å². The van der Waals surface area contributed by atoms with E-state index in [1.54, 1.807) is 49.6 Å². The maximum Gasteiger partial charge on any atom is 0.259 e. The third-order valence-electron chi connectivity index (χ3n) is 4.74. The molecule has 30 heavy (non-hydrogen) atoms. The predicted molar refractivity (Wildman–Crippen MR) is 111 cm³/mol. The van der Waals surface area contributed by atoms with Crippen molar-refractivity contribution in [3.63, 3.8) is 0 Å². The van der Waals surface area contributed by atoms with Crippen LogP contribution in [0.25, 0.3) is 5.82 Å². The molecular formula is C22H21N5O3. The van der Waals surface area contributed by atoms with Gasteiger partial charge in [-0.15, -0.1) is 10.2 Å². The van der Waals surface area contributed by atoms with E-state index in [0.717, 1.165) is 11.4 Å². The lowest BCUT2D eigenvalue weighted by atomic mass is 10.2. The Kier molecular flexibility index (Phi) is 5.05. The van der Waals surface area contributed by atoms with Crippen LogP contribution in [0.3, 0.4) is 0 Å². The van der Waals surface area contributed by atoms with Gasteiger partial charge in [0.2, 0.25) is 5.88 Å². The van der Waals surface area contributed by atoms with E-state index in [-0.39, 0.29) is 5.91 Å². The summed E-state index contributed by atoms with van der Waals surface area (Å²) >= 11 is 0. The zero-order valence-corrected chi connectivity index (χ0v) is 17.1. The molecule has 0 radical (unpaired) electrons. The second-order valence-corrected chi connectivity index (χ2v) is 6.92. The summed E-state index contributed by atoms with van der Waals surface area (Å²) in [6, 6.07) is 12.3. The topological polar surface area (TPSA) is 95.1 Å². The number of imidazole rings is 1. The number of rotatable bonds is 5. The summed E-state index contributed by atoms with van der Waals surface area (Å²) in [7, 11) is 0. The fourth-order valence-corrected chi connectivity index (χ4v) is 3.01. The number of nitrogens with zero attached hydrogens (tertiary/aromatic N) is 4. The number of furan rings is 1. The summed E-state index contributed by atoms with van der Waals surface area (Å²) in [5.74, 6) is 2.70. The van der Waals surface area contributed by atoms with Crippen molar-refractivity contribution in [1.82, 2.24) is 19.7 Å². The molecule has 1 N–H and O–H groups in total. The third-order valence-corrected chi connectivity index (χ3v) is 4.74. The van der Waals surface area contributed by atoms with E-state index in [4.69, 9.17) is 9.15 Å². The second kappa shape index (κ2) is 7.82. The number of carbonyl (C=O) groups excluding carboxylic acids is 1. The van der Waals surface area contributed by atoms with Gasteiger partial charge in [-0.2, -0.15) is 0 Å². The summed E-state index contributed by atoms with van der Waals surface area (Å²) < 4.78 is 13.0. The third kappa shape index (κ3) is 3.93. The molecule has 4 rings (SSSR count). The van der Waals surface area contributed by atoms with Crippen LogP contribution in [0.15, 0.2) is 53.2 Å². The van der Waals surface area contributed by atoms with E-state index < -0.39 is 0 Å². The van der Waals surface area contributed by atoms with E-state index in [9.17, 15) is 4.79 Å². The Bertz CT molecular complexity index is 1190. The molecule has 0 bridgehead atoms. The number of nitrogens with one attached hydrogen (secondary N) is 1. The zero-order valence-electron chi connectivity index (χ0n) is 17.1. The van der Waals surface area contributed by atoms with Crippen LogP contribution >= 0.6 is 0 Å². The predicted octanol–water partition coefficient (Wildman–Crippen LogP) is 4.53. The molecule has 1 aromatic carbocycles. The average Bonchev–Trinajstić information content (AvgIpc) is 3.25. The summed E-state index contributed by atoms with van der Waals surface area (Å²) in [5.41, 5.74) is 3.13. The minimum Gasteiger partial charge on any atom is -0.466 e. The molecule has 1 amide bonds. The van der Waals surface area contributed by atoms with Gasteiger partial charge in [0.25, 0.3) is 5.91 Å². The first-order chi connectivity index (χ1) is 14.4. The van der Waals surface area contributed by atoms with Crippen molar-refractivity contribution in [3.8, 4) is 17.4 Å². The SMILES string of the molecule is Cc1cc(C(=O)Nc2ccc(Oc3ccc(-n4cnc(C)c4C)nn3)cc2)c(C)o1. The van der Waals surface area contributed by atoms with Crippen LogP contribution in [-0.2, 0) is 0 Å². The Morgan fingerprint density at radius 2 is 1.80 bits per heavy atom. The maximum absolute atomic E-state index is 12.4. The fourth-order valence-electron chi connectivity index (χ4n) is 3.01. The number of aryl methyl sites for hydroxylation is 3. The van der Waals surface area contributed by atoms with Gasteiger partial charge in [-0.1, -0.05) is 0 Å². The van der Waals surface area contributed by atoms with Gasteiger partial charge in [0.15, 0.2) is 5.82 Å². The van der Waals surface area contributed by atoms with Gasteiger partial charge < -0.3 is 14.5 Å². The number of hydrogen-bond donors (Lipinski definition) is 1. The van der Waals surface area contributed by atoms with Crippen molar-refractivity contribution in [2.75, 3.05) is 5.32 Å². The van der Waals surface area contributed by atoms with Gasteiger partial charge >= 0.3 is 0 Å². The number of benzene rings is 1. The van der Waals surface area contributed by atoms with Gasteiger partial charge in [-0.25, -0.2) is 4.98 Å². The van der Waals surface area contributed by atoms with Crippen LogP contribution in [0.2, 0.25) is 0 Å². The van der Waals surface area contributed by atoms with E-state index >= 15 is 0 Å². The van der Waals surface area contributed by atoms with E-state index in [1.165, 1.54) is 0 Å².